The molecule has 0 fully saturated rings. The zero-order chi connectivity index (χ0) is 18.4. The van der Waals surface area contributed by atoms with Crippen LogP contribution in [0.3, 0.4) is 0 Å². The van der Waals surface area contributed by atoms with E-state index in [2.05, 4.69) is 15.9 Å². The van der Waals surface area contributed by atoms with Crippen LogP contribution in [0.15, 0.2) is 46.9 Å². The fourth-order valence-corrected chi connectivity index (χ4v) is 2.86. The Morgan fingerprint density at radius 2 is 1.88 bits per heavy atom. The summed E-state index contributed by atoms with van der Waals surface area (Å²) in [5.74, 6) is 0.609. The van der Waals surface area contributed by atoms with Crippen LogP contribution in [-0.4, -0.2) is 32.0 Å². The summed E-state index contributed by atoms with van der Waals surface area (Å²) >= 11 is 3.29. The standard InChI is InChI=1S/C19H20BrNO4/c1-13(2)21(15-7-5-4-6-8-15)19(23)12-25-18-9-14(11-22)16(20)10-17(18)24-3/h4-11,13H,12H2,1-3H3. The van der Waals surface area contributed by atoms with Gasteiger partial charge in [-0.3, -0.25) is 9.59 Å². The summed E-state index contributed by atoms with van der Waals surface area (Å²) in [5.41, 5.74) is 1.23. The molecule has 0 spiro atoms. The van der Waals surface area contributed by atoms with Gasteiger partial charge >= 0.3 is 0 Å². The lowest BCUT2D eigenvalue weighted by Gasteiger charge is -2.27. The topological polar surface area (TPSA) is 55.8 Å². The number of aldehydes is 1. The Bertz CT molecular complexity index is 747. The van der Waals surface area contributed by atoms with E-state index in [0.717, 1.165) is 5.69 Å². The van der Waals surface area contributed by atoms with Crippen molar-refractivity contribution in [1.82, 2.24) is 0 Å². The number of carbonyl (C=O) groups excluding carboxylic acids is 2. The van der Waals surface area contributed by atoms with E-state index in [1.807, 2.05) is 44.2 Å². The molecule has 2 aromatic rings. The maximum Gasteiger partial charge on any atom is 0.265 e. The maximum atomic E-state index is 12.7. The summed E-state index contributed by atoms with van der Waals surface area (Å²) in [5, 5.41) is 0. The third-order valence-electron chi connectivity index (χ3n) is 3.58. The summed E-state index contributed by atoms with van der Waals surface area (Å²) in [6.45, 7) is 3.72. The van der Waals surface area contributed by atoms with Crippen LogP contribution in [0.5, 0.6) is 11.5 Å². The maximum absolute atomic E-state index is 12.7. The van der Waals surface area contributed by atoms with Crippen molar-refractivity contribution in [1.29, 1.82) is 0 Å². The fourth-order valence-electron chi connectivity index (χ4n) is 2.44. The van der Waals surface area contributed by atoms with Crippen LogP contribution in [0.2, 0.25) is 0 Å². The minimum atomic E-state index is -0.182. The summed E-state index contributed by atoms with van der Waals surface area (Å²) in [4.78, 5) is 25.4. The van der Waals surface area contributed by atoms with Crippen molar-refractivity contribution in [3.05, 3.63) is 52.5 Å². The van der Waals surface area contributed by atoms with Crippen LogP contribution in [0, 0.1) is 0 Å². The molecule has 132 valence electrons. The molecule has 1 amide bonds. The summed E-state index contributed by atoms with van der Waals surface area (Å²) in [7, 11) is 1.50. The third-order valence-corrected chi connectivity index (χ3v) is 4.27. The van der Waals surface area contributed by atoms with Crippen molar-refractivity contribution < 1.29 is 19.1 Å². The Balaban J connectivity index is 2.19. The van der Waals surface area contributed by atoms with Gasteiger partial charge in [-0.2, -0.15) is 0 Å². The summed E-state index contributed by atoms with van der Waals surface area (Å²) in [6.07, 6.45) is 0.711. The van der Waals surface area contributed by atoms with Crippen LogP contribution < -0.4 is 14.4 Å². The molecule has 0 saturated heterocycles. The Hall–Kier alpha value is -2.34. The Labute approximate surface area is 155 Å². The van der Waals surface area contributed by atoms with Crippen LogP contribution in [0.1, 0.15) is 24.2 Å². The van der Waals surface area contributed by atoms with Gasteiger partial charge in [0.1, 0.15) is 0 Å². The molecule has 0 aliphatic carbocycles. The predicted molar refractivity (Wildman–Crippen MR) is 101 cm³/mol. The van der Waals surface area contributed by atoms with Crippen molar-refractivity contribution in [3.63, 3.8) is 0 Å². The van der Waals surface area contributed by atoms with Gasteiger partial charge in [-0.25, -0.2) is 0 Å². The predicted octanol–water partition coefficient (Wildman–Crippen LogP) is 4.09. The fraction of sp³-hybridized carbons (Fsp3) is 0.263. The number of halogens is 1. The second kappa shape index (κ2) is 8.67. The van der Waals surface area contributed by atoms with Crippen LogP contribution in [0.4, 0.5) is 5.69 Å². The van der Waals surface area contributed by atoms with Crippen LogP contribution in [-0.2, 0) is 4.79 Å². The van der Waals surface area contributed by atoms with E-state index in [1.54, 1.807) is 17.0 Å². The molecular formula is C19H20BrNO4. The van der Waals surface area contributed by atoms with Crippen molar-refractivity contribution in [2.24, 2.45) is 0 Å². The van der Waals surface area contributed by atoms with Crippen molar-refractivity contribution in [3.8, 4) is 11.5 Å². The minimum absolute atomic E-state index is 0.0177. The molecule has 6 heteroatoms. The lowest BCUT2D eigenvalue weighted by Crippen LogP contribution is -2.40. The SMILES string of the molecule is COc1cc(Br)c(C=O)cc1OCC(=O)N(c1ccccc1)C(C)C. The monoisotopic (exact) mass is 405 g/mol. The van der Waals surface area contributed by atoms with Gasteiger partial charge in [0.05, 0.1) is 7.11 Å². The van der Waals surface area contributed by atoms with Crippen molar-refractivity contribution in [2.45, 2.75) is 19.9 Å². The molecule has 0 aliphatic heterocycles. The highest BCUT2D eigenvalue weighted by Crippen LogP contribution is 2.33. The molecule has 0 bridgehead atoms. The highest BCUT2D eigenvalue weighted by atomic mass is 79.9. The van der Waals surface area contributed by atoms with Crippen molar-refractivity contribution >= 4 is 33.8 Å². The number of hydrogen-bond acceptors (Lipinski definition) is 4. The zero-order valence-electron chi connectivity index (χ0n) is 14.4. The molecule has 2 rings (SSSR count). The first-order valence-corrected chi connectivity index (χ1v) is 8.59. The average molecular weight is 406 g/mol. The second-order valence-corrected chi connectivity index (χ2v) is 6.48. The molecular weight excluding hydrogens is 386 g/mol. The van der Waals surface area contributed by atoms with E-state index in [4.69, 9.17) is 9.47 Å². The van der Waals surface area contributed by atoms with Gasteiger partial charge in [0.2, 0.25) is 0 Å². The second-order valence-electron chi connectivity index (χ2n) is 5.62. The van der Waals surface area contributed by atoms with Crippen molar-refractivity contribution in [2.75, 3.05) is 18.6 Å². The molecule has 0 aromatic heterocycles. The molecule has 0 N–H and O–H groups in total. The Morgan fingerprint density at radius 1 is 1.20 bits per heavy atom. The van der Waals surface area contributed by atoms with E-state index in [0.29, 0.717) is 27.8 Å². The third kappa shape index (κ3) is 4.60. The molecule has 0 radical (unpaired) electrons. The molecule has 25 heavy (non-hydrogen) atoms. The van der Waals surface area contributed by atoms with Gasteiger partial charge in [-0.1, -0.05) is 18.2 Å². The average Bonchev–Trinajstić information content (AvgIpc) is 2.61. The molecule has 2 aromatic carbocycles. The smallest absolute Gasteiger partial charge is 0.265 e. The van der Waals surface area contributed by atoms with Crippen LogP contribution in [0.25, 0.3) is 0 Å². The number of benzene rings is 2. The van der Waals surface area contributed by atoms with E-state index in [9.17, 15) is 9.59 Å². The molecule has 0 saturated carbocycles. The van der Waals surface area contributed by atoms with E-state index >= 15 is 0 Å². The van der Waals surface area contributed by atoms with Gasteiger partial charge in [0.15, 0.2) is 24.4 Å². The van der Waals surface area contributed by atoms with Gasteiger partial charge in [-0.05, 0) is 54.0 Å². The van der Waals surface area contributed by atoms with Gasteiger partial charge in [-0.15, -0.1) is 0 Å². The zero-order valence-corrected chi connectivity index (χ0v) is 15.9. The first-order chi connectivity index (χ1) is 12.0. The number of para-hydroxylation sites is 1. The summed E-state index contributed by atoms with van der Waals surface area (Å²) < 4.78 is 11.5. The summed E-state index contributed by atoms with van der Waals surface area (Å²) in [6, 6.07) is 12.6. The number of methoxy groups -OCH3 is 1. The molecule has 0 aliphatic rings. The normalized spacial score (nSPS) is 10.4. The van der Waals surface area contributed by atoms with Gasteiger partial charge in [0.25, 0.3) is 5.91 Å². The van der Waals surface area contributed by atoms with Gasteiger partial charge in [0, 0.05) is 21.8 Å². The highest BCUT2D eigenvalue weighted by molar-refractivity contribution is 9.10. The Morgan fingerprint density at radius 3 is 2.44 bits per heavy atom. The molecule has 0 unspecified atom stereocenters. The Kier molecular flexibility index (Phi) is 6.58. The largest absolute Gasteiger partial charge is 0.493 e. The number of amides is 1. The number of anilines is 1. The number of carbonyl (C=O) groups is 2. The first kappa shape index (κ1) is 19.0. The van der Waals surface area contributed by atoms with Gasteiger partial charge < -0.3 is 14.4 Å². The number of nitrogens with zero attached hydrogens (tertiary/aromatic N) is 1. The lowest BCUT2D eigenvalue weighted by molar-refractivity contribution is -0.120. The number of ether oxygens (including phenoxy) is 2. The molecule has 0 heterocycles. The minimum Gasteiger partial charge on any atom is -0.493 e. The van der Waals surface area contributed by atoms with E-state index in [1.165, 1.54) is 7.11 Å². The highest BCUT2D eigenvalue weighted by Gasteiger charge is 2.20. The van der Waals surface area contributed by atoms with E-state index < -0.39 is 0 Å². The molecule has 0 atom stereocenters. The quantitative estimate of drug-likeness (QED) is 0.650. The number of hydrogen-bond donors (Lipinski definition) is 0. The van der Waals surface area contributed by atoms with E-state index in [-0.39, 0.29) is 18.6 Å². The molecule has 5 nitrogen and oxygen atoms in total. The van der Waals surface area contributed by atoms with Crippen LogP contribution >= 0.6 is 15.9 Å². The first-order valence-electron chi connectivity index (χ1n) is 7.80. The lowest BCUT2D eigenvalue weighted by atomic mass is 10.2. The number of rotatable bonds is 7.